The standard InChI is InChI=1S/C15H30N2OS/c1-3-5-6-13(4-2)11-17-15(18)12-19-14-7-9-16-10-8-14/h13-14,16H,3-12H2,1-2H3,(H,17,18). The molecule has 0 radical (unpaired) electrons. The van der Waals surface area contributed by atoms with Gasteiger partial charge in [0.05, 0.1) is 5.75 Å². The van der Waals surface area contributed by atoms with E-state index in [9.17, 15) is 4.79 Å². The maximum absolute atomic E-state index is 11.8. The van der Waals surface area contributed by atoms with Gasteiger partial charge >= 0.3 is 0 Å². The van der Waals surface area contributed by atoms with Crippen LogP contribution in [-0.2, 0) is 4.79 Å². The van der Waals surface area contributed by atoms with Crippen LogP contribution in [-0.4, -0.2) is 36.5 Å². The molecule has 0 spiro atoms. The largest absolute Gasteiger partial charge is 0.355 e. The van der Waals surface area contributed by atoms with Gasteiger partial charge in [0, 0.05) is 11.8 Å². The molecule has 2 N–H and O–H groups in total. The van der Waals surface area contributed by atoms with Crippen molar-refractivity contribution in [2.24, 2.45) is 5.92 Å². The predicted octanol–water partition coefficient (Wildman–Crippen LogP) is 2.80. The second kappa shape index (κ2) is 10.6. The van der Waals surface area contributed by atoms with Crippen molar-refractivity contribution >= 4 is 17.7 Å². The third kappa shape index (κ3) is 7.83. The van der Waals surface area contributed by atoms with E-state index in [4.69, 9.17) is 0 Å². The minimum Gasteiger partial charge on any atom is -0.355 e. The number of carbonyl (C=O) groups excluding carboxylic acids is 1. The van der Waals surface area contributed by atoms with Crippen molar-refractivity contribution in [3.8, 4) is 0 Å². The molecule has 1 amide bonds. The molecule has 0 aromatic carbocycles. The van der Waals surface area contributed by atoms with Gasteiger partial charge in [0.2, 0.25) is 5.91 Å². The highest BCUT2D eigenvalue weighted by molar-refractivity contribution is 8.00. The Kier molecular flexibility index (Phi) is 9.35. The normalized spacial score (nSPS) is 18.2. The number of piperidine rings is 1. The summed E-state index contributed by atoms with van der Waals surface area (Å²) in [5.41, 5.74) is 0. The van der Waals surface area contributed by atoms with Crippen LogP contribution in [0.4, 0.5) is 0 Å². The van der Waals surface area contributed by atoms with E-state index in [2.05, 4.69) is 24.5 Å². The summed E-state index contributed by atoms with van der Waals surface area (Å²) in [6, 6.07) is 0. The SMILES string of the molecule is CCCCC(CC)CNC(=O)CSC1CCNCC1. The van der Waals surface area contributed by atoms with Crippen LogP contribution in [0.3, 0.4) is 0 Å². The number of unbranched alkanes of at least 4 members (excludes halogenated alkanes) is 1. The minimum absolute atomic E-state index is 0.221. The Morgan fingerprint density at radius 2 is 2.11 bits per heavy atom. The summed E-state index contributed by atoms with van der Waals surface area (Å²) in [6.07, 6.45) is 7.34. The van der Waals surface area contributed by atoms with Crippen LogP contribution in [0.1, 0.15) is 52.4 Å². The lowest BCUT2D eigenvalue weighted by molar-refractivity contribution is -0.118. The number of carbonyl (C=O) groups is 1. The third-order valence-corrected chi connectivity index (χ3v) is 5.24. The van der Waals surface area contributed by atoms with E-state index in [-0.39, 0.29) is 5.91 Å². The van der Waals surface area contributed by atoms with Gasteiger partial charge in [-0.2, -0.15) is 0 Å². The molecule has 1 heterocycles. The van der Waals surface area contributed by atoms with Gasteiger partial charge in [-0.05, 0) is 38.3 Å². The van der Waals surface area contributed by atoms with E-state index in [0.717, 1.165) is 19.6 Å². The van der Waals surface area contributed by atoms with Crippen LogP contribution < -0.4 is 10.6 Å². The molecule has 1 fully saturated rings. The Balaban J connectivity index is 2.08. The van der Waals surface area contributed by atoms with Crippen LogP contribution >= 0.6 is 11.8 Å². The predicted molar refractivity (Wildman–Crippen MR) is 84.7 cm³/mol. The van der Waals surface area contributed by atoms with Gasteiger partial charge in [-0.1, -0.05) is 33.1 Å². The van der Waals surface area contributed by atoms with Crippen molar-refractivity contribution in [1.29, 1.82) is 0 Å². The Hall–Kier alpha value is -0.220. The zero-order chi connectivity index (χ0) is 13.9. The molecule has 4 heteroatoms. The summed E-state index contributed by atoms with van der Waals surface area (Å²) in [5.74, 6) is 1.51. The molecule has 0 saturated carbocycles. The number of hydrogen-bond donors (Lipinski definition) is 2. The highest BCUT2D eigenvalue weighted by atomic mass is 32.2. The number of rotatable bonds is 9. The highest BCUT2D eigenvalue weighted by Gasteiger charge is 2.15. The zero-order valence-corrected chi connectivity index (χ0v) is 13.4. The summed E-state index contributed by atoms with van der Waals surface area (Å²) < 4.78 is 0. The molecule has 0 bridgehead atoms. The van der Waals surface area contributed by atoms with Gasteiger partial charge < -0.3 is 10.6 Å². The van der Waals surface area contributed by atoms with Gasteiger partial charge in [0.15, 0.2) is 0 Å². The second-order valence-electron chi connectivity index (χ2n) is 5.48. The molecular weight excluding hydrogens is 256 g/mol. The van der Waals surface area contributed by atoms with Gasteiger partial charge in [-0.25, -0.2) is 0 Å². The van der Waals surface area contributed by atoms with E-state index in [1.54, 1.807) is 0 Å². The van der Waals surface area contributed by atoms with Crippen molar-refractivity contribution in [3.05, 3.63) is 0 Å². The first kappa shape index (κ1) is 16.8. The van der Waals surface area contributed by atoms with Crippen molar-refractivity contribution in [3.63, 3.8) is 0 Å². The highest BCUT2D eigenvalue weighted by Crippen LogP contribution is 2.19. The number of hydrogen-bond acceptors (Lipinski definition) is 3. The van der Waals surface area contributed by atoms with Gasteiger partial charge in [0.25, 0.3) is 0 Å². The van der Waals surface area contributed by atoms with Crippen LogP contribution in [0.15, 0.2) is 0 Å². The smallest absolute Gasteiger partial charge is 0.230 e. The molecule has 0 aliphatic carbocycles. The maximum atomic E-state index is 11.8. The molecule has 0 aromatic heterocycles. The Labute approximate surface area is 122 Å². The summed E-state index contributed by atoms with van der Waals surface area (Å²) in [4.78, 5) is 11.8. The maximum Gasteiger partial charge on any atom is 0.230 e. The topological polar surface area (TPSA) is 41.1 Å². The first-order valence-corrected chi connectivity index (χ1v) is 8.90. The molecule has 1 atom stereocenters. The lowest BCUT2D eigenvalue weighted by atomic mass is 9.99. The molecule has 112 valence electrons. The van der Waals surface area contributed by atoms with Crippen LogP contribution in [0.5, 0.6) is 0 Å². The molecule has 19 heavy (non-hydrogen) atoms. The Bertz CT molecular complexity index is 242. The fraction of sp³-hybridized carbons (Fsp3) is 0.933. The molecular formula is C15H30N2OS. The van der Waals surface area contributed by atoms with E-state index < -0.39 is 0 Å². The van der Waals surface area contributed by atoms with Crippen LogP contribution in [0.25, 0.3) is 0 Å². The molecule has 1 unspecified atom stereocenters. The average molecular weight is 286 g/mol. The summed E-state index contributed by atoms with van der Waals surface area (Å²) in [6.45, 7) is 7.52. The van der Waals surface area contributed by atoms with Gasteiger partial charge in [-0.15, -0.1) is 11.8 Å². The molecule has 1 saturated heterocycles. The van der Waals surface area contributed by atoms with Crippen molar-refractivity contribution in [2.75, 3.05) is 25.4 Å². The van der Waals surface area contributed by atoms with Crippen LogP contribution in [0.2, 0.25) is 0 Å². The van der Waals surface area contributed by atoms with Gasteiger partial charge in [-0.3, -0.25) is 4.79 Å². The first-order valence-electron chi connectivity index (χ1n) is 7.85. The summed E-state index contributed by atoms with van der Waals surface area (Å²) in [5, 5.41) is 7.14. The first-order chi connectivity index (χ1) is 9.26. The van der Waals surface area contributed by atoms with E-state index >= 15 is 0 Å². The monoisotopic (exact) mass is 286 g/mol. The van der Waals surface area contributed by atoms with Crippen molar-refractivity contribution in [2.45, 2.75) is 57.6 Å². The lowest BCUT2D eigenvalue weighted by Gasteiger charge is -2.22. The van der Waals surface area contributed by atoms with E-state index in [1.807, 2.05) is 11.8 Å². The zero-order valence-electron chi connectivity index (χ0n) is 12.5. The lowest BCUT2D eigenvalue weighted by Crippen LogP contribution is -2.33. The number of thioether (sulfide) groups is 1. The fourth-order valence-electron chi connectivity index (χ4n) is 2.41. The Morgan fingerprint density at radius 3 is 2.74 bits per heavy atom. The summed E-state index contributed by atoms with van der Waals surface area (Å²) >= 11 is 1.83. The van der Waals surface area contributed by atoms with Crippen molar-refractivity contribution in [1.82, 2.24) is 10.6 Å². The quantitative estimate of drug-likeness (QED) is 0.685. The fourth-order valence-corrected chi connectivity index (χ4v) is 3.47. The van der Waals surface area contributed by atoms with E-state index in [0.29, 0.717) is 16.9 Å². The Morgan fingerprint density at radius 1 is 1.37 bits per heavy atom. The molecule has 1 rings (SSSR count). The van der Waals surface area contributed by atoms with Crippen LogP contribution in [0, 0.1) is 5.92 Å². The molecule has 3 nitrogen and oxygen atoms in total. The van der Waals surface area contributed by atoms with Crippen molar-refractivity contribution < 1.29 is 4.79 Å². The second-order valence-corrected chi connectivity index (χ2v) is 6.77. The molecule has 1 aliphatic heterocycles. The molecule has 0 aromatic rings. The molecule has 1 aliphatic rings. The number of nitrogens with one attached hydrogen (secondary N) is 2. The minimum atomic E-state index is 0.221. The van der Waals surface area contributed by atoms with E-state index in [1.165, 1.54) is 38.5 Å². The number of amides is 1. The van der Waals surface area contributed by atoms with Gasteiger partial charge in [0.1, 0.15) is 0 Å². The summed E-state index contributed by atoms with van der Waals surface area (Å²) in [7, 11) is 0. The third-order valence-electron chi connectivity index (χ3n) is 3.87. The average Bonchev–Trinajstić information content (AvgIpc) is 2.46.